The van der Waals surface area contributed by atoms with Crippen LogP contribution in [0.5, 0.6) is 11.5 Å². The van der Waals surface area contributed by atoms with Crippen molar-refractivity contribution in [1.29, 1.82) is 0 Å². The van der Waals surface area contributed by atoms with Crippen LogP contribution in [0.2, 0.25) is 0 Å². The summed E-state index contributed by atoms with van der Waals surface area (Å²) in [5.74, 6) is 1.68. The van der Waals surface area contributed by atoms with Crippen molar-refractivity contribution in [2.75, 3.05) is 20.8 Å². The van der Waals surface area contributed by atoms with Gasteiger partial charge in [-0.1, -0.05) is 0 Å². The fraction of sp³-hybridized carbons (Fsp3) is 0.458. The Bertz CT molecular complexity index is 1120. The van der Waals surface area contributed by atoms with Gasteiger partial charge in [-0.15, -0.1) is 0 Å². The van der Waals surface area contributed by atoms with E-state index < -0.39 is 0 Å². The number of nitrogens with zero attached hydrogens (tertiary/aromatic N) is 4. The highest BCUT2D eigenvalue weighted by Gasteiger charge is 2.32. The third-order valence-corrected chi connectivity index (χ3v) is 6.25. The minimum atomic E-state index is 0.0323. The fourth-order valence-electron chi connectivity index (χ4n) is 4.66. The standard InChI is InChI=1S/C24H30N4O3/c1-15-13-23-25-16(2)19(17(3)28(23)26-15)10-11-24(29)27-12-6-7-21(27)20-9-8-18(30-4)14-22(20)31-5/h8-9,13-14,21H,6-7,10-12H2,1-5H3/t21-/m1/s1. The topological polar surface area (TPSA) is 69.0 Å². The molecule has 2 aromatic heterocycles. The number of aromatic nitrogens is 3. The summed E-state index contributed by atoms with van der Waals surface area (Å²) in [5.41, 5.74) is 5.95. The zero-order chi connectivity index (χ0) is 22.1. The van der Waals surface area contributed by atoms with Gasteiger partial charge in [0.25, 0.3) is 0 Å². The van der Waals surface area contributed by atoms with Crippen molar-refractivity contribution in [2.24, 2.45) is 0 Å². The number of fused-ring (bicyclic) bond motifs is 1. The van der Waals surface area contributed by atoms with E-state index in [0.717, 1.165) is 64.7 Å². The van der Waals surface area contributed by atoms with Gasteiger partial charge >= 0.3 is 0 Å². The number of hydrogen-bond donors (Lipinski definition) is 0. The molecule has 7 heteroatoms. The molecule has 164 valence electrons. The summed E-state index contributed by atoms with van der Waals surface area (Å²) in [4.78, 5) is 19.9. The second kappa shape index (κ2) is 8.57. The highest BCUT2D eigenvalue weighted by molar-refractivity contribution is 5.77. The molecule has 1 aromatic carbocycles. The SMILES string of the molecule is COc1ccc([C@H]2CCCN2C(=O)CCc2c(C)nc3cc(C)nn3c2C)c(OC)c1. The van der Waals surface area contributed by atoms with Crippen LogP contribution in [0.25, 0.3) is 5.65 Å². The van der Waals surface area contributed by atoms with Crippen LogP contribution in [-0.4, -0.2) is 46.2 Å². The summed E-state index contributed by atoms with van der Waals surface area (Å²) in [6.45, 7) is 6.80. The summed E-state index contributed by atoms with van der Waals surface area (Å²) in [6.07, 6.45) is 3.03. The molecule has 1 aliphatic heterocycles. The lowest BCUT2D eigenvalue weighted by Crippen LogP contribution is -2.31. The van der Waals surface area contributed by atoms with Gasteiger partial charge in [0.1, 0.15) is 11.5 Å². The van der Waals surface area contributed by atoms with Crippen molar-refractivity contribution in [2.45, 2.75) is 52.5 Å². The van der Waals surface area contributed by atoms with Gasteiger partial charge < -0.3 is 14.4 Å². The van der Waals surface area contributed by atoms with E-state index in [0.29, 0.717) is 12.8 Å². The number of aryl methyl sites for hydroxylation is 3. The number of likely N-dealkylation sites (tertiary alicyclic amines) is 1. The Kier molecular flexibility index (Phi) is 5.85. The quantitative estimate of drug-likeness (QED) is 0.601. The van der Waals surface area contributed by atoms with Crippen molar-refractivity contribution in [3.05, 3.63) is 52.5 Å². The number of benzene rings is 1. The second-order valence-corrected chi connectivity index (χ2v) is 8.17. The molecule has 3 heterocycles. The number of carbonyl (C=O) groups is 1. The third-order valence-electron chi connectivity index (χ3n) is 6.25. The highest BCUT2D eigenvalue weighted by atomic mass is 16.5. The summed E-state index contributed by atoms with van der Waals surface area (Å²) in [5, 5.41) is 4.54. The van der Waals surface area contributed by atoms with Crippen molar-refractivity contribution in [3.8, 4) is 11.5 Å². The number of ether oxygens (including phenoxy) is 2. The molecule has 0 aliphatic carbocycles. The van der Waals surface area contributed by atoms with Crippen molar-refractivity contribution in [1.82, 2.24) is 19.5 Å². The van der Waals surface area contributed by atoms with Gasteiger partial charge in [-0.25, -0.2) is 9.50 Å². The Balaban J connectivity index is 1.53. The molecule has 1 atom stereocenters. The molecule has 0 radical (unpaired) electrons. The summed E-state index contributed by atoms with van der Waals surface area (Å²) < 4.78 is 12.8. The molecular weight excluding hydrogens is 392 g/mol. The summed E-state index contributed by atoms with van der Waals surface area (Å²) in [7, 11) is 3.30. The first-order chi connectivity index (χ1) is 14.9. The van der Waals surface area contributed by atoms with Crippen LogP contribution in [0, 0.1) is 20.8 Å². The highest BCUT2D eigenvalue weighted by Crippen LogP contribution is 2.39. The van der Waals surface area contributed by atoms with E-state index in [9.17, 15) is 4.79 Å². The maximum absolute atomic E-state index is 13.2. The molecule has 1 saturated heterocycles. The lowest BCUT2D eigenvalue weighted by molar-refractivity contribution is -0.132. The van der Waals surface area contributed by atoms with E-state index >= 15 is 0 Å². The fourth-order valence-corrected chi connectivity index (χ4v) is 4.66. The zero-order valence-corrected chi connectivity index (χ0v) is 18.9. The minimum absolute atomic E-state index is 0.0323. The Morgan fingerprint density at radius 2 is 1.97 bits per heavy atom. The van der Waals surface area contributed by atoms with E-state index in [1.165, 1.54) is 0 Å². The zero-order valence-electron chi connectivity index (χ0n) is 18.9. The Morgan fingerprint density at radius 3 is 2.71 bits per heavy atom. The van der Waals surface area contributed by atoms with Crippen LogP contribution in [-0.2, 0) is 11.2 Å². The summed E-state index contributed by atoms with van der Waals surface area (Å²) >= 11 is 0. The lowest BCUT2D eigenvalue weighted by Gasteiger charge is -2.27. The minimum Gasteiger partial charge on any atom is -0.497 e. The molecule has 0 N–H and O–H groups in total. The lowest BCUT2D eigenvalue weighted by atomic mass is 10.0. The predicted octanol–water partition coefficient (Wildman–Crippen LogP) is 3.97. The first-order valence-corrected chi connectivity index (χ1v) is 10.8. The van der Waals surface area contributed by atoms with Crippen LogP contribution in [0.15, 0.2) is 24.3 Å². The number of carbonyl (C=O) groups excluding carboxylic acids is 1. The van der Waals surface area contributed by atoms with Crippen molar-refractivity contribution < 1.29 is 14.3 Å². The smallest absolute Gasteiger partial charge is 0.223 e. The van der Waals surface area contributed by atoms with Crippen LogP contribution in [0.3, 0.4) is 0 Å². The molecule has 7 nitrogen and oxygen atoms in total. The normalized spacial score (nSPS) is 16.2. The molecule has 0 saturated carbocycles. The van der Waals surface area contributed by atoms with Crippen molar-refractivity contribution >= 4 is 11.6 Å². The molecule has 1 amide bonds. The Morgan fingerprint density at radius 1 is 1.16 bits per heavy atom. The van der Waals surface area contributed by atoms with Gasteiger partial charge in [0, 0.05) is 42.0 Å². The predicted molar refractivity (Wildman–Crippen MR) is 119 cm³/mol. The molecule has 0 spiro atoms. The van der Waals surface area contributed by atoms with Gasteiger partial charge in [0.05, 0.1) is 26.0 Å². The Hall–Kier alpha value is -3.09. The number of methoxy groups -OCH3 is 2. The van der Waals surface area contributed by atoms with E-state index in [1.807, 2.05) is 47.5 Å². The van der Waals surface area contributed by atoms with Gasteiger partial charge in [0.15, 0.2) is 5.65 Å². The maximum Gasteiger partial charge on any atom is 0.223 e. The van der Waals surface area contributed by atoms with Gasteiger partial charge in [0.2, 0.25) is 5.91 Å². The van der Waals surface area contributed by atoms with Crippen LogP contribution < -0.4 is 9.47 Å². The molecule has 4 rings (SSSR count). The monoisotopic (exact) mass is 422 g/mol. The van der Waals surface area contributed by atoms with Gasteiger partial charge in [-0.05, 0) is 57.7 Å². The molecular formula is C24H30N4O3. The summed E-state index contributed by atoms with van der Waals surface area (Å²) in [6, 6.07) is 7.84. The second-order valence-electron chi connectivity index (χ2n) is 8.17. The van der Waals surface area contributed by atoms with Crippen molar-refractivity contribution in [3.63, 3.8) is 0 Å². The first kappa shape index (κ1) is 21.2. The average molecular weight is 423 g/mol. The maximum atomic E-state index is 13.2. The number of hydrogen-bond acceptors (Lipinski definition) is 5. The van der Waals surface area contributed by atoms with Crippen LogP contribution in [0.4, 0.5) is 0 Å². The number of rotatable bonds is 6. The van der Waals surface area contributed by atoms with Crippen LogP contribution in [0.1, 0.15) is 53.5 Å². The molecule has 0 bridgehead atoms. The molecule has 3 aromatic rings. The van der Waals surface area contributed by atoms with Gasteiger partial charge in [-0.3, -0.25) is 4.79 Å². The molecule has 1 aliphatic rings. The van der Waals surface area contributed by atoms with Crippen LogP contribution >= 0.6 is 0 Å². The number of amides is 1. The largest absolute Gasteiger partial charge is 0.497 e. The van der Waals surface area contributed by atoms with E-state index in [-0.39, 0.29) is 11.9 Å². The average Bonchev–Trinajstić information content (AvgIpc) is 3.39. The third kappa shape index (κ3) is 3.96. The first-order valence-electron chi connectivity index (χ1n) is 10.8. The van der Waals surface area contributed by atoms with E-state index in [4.69, 9.17) is 9.47 Å². The van der Waals surface area contributed by atoms with E-state index in [2.05, 4.69) is 17.0 Å². The molecule has 31 heavy (non-hydrogen) atoms. The van der Waals surface area contributed by atoms with Gasteiger partial charge in [-0.2, -0.15) is 5.10 Å². The molecule has 1 fully saturated rings. The Labute approximate surface area is 183 Å². The molecule has 0 unspecified atom stereocenters. The van der Waals surface area contributed by atoms with E-state index in [1.54, 1.807) is 14.2 Å².